The minimum absolute atomic E-state index is 0.204. The van der Waals surface area contributed by atoms with Gasteiger partial charge in [-0.15, -0.1) is 0 Å². The van der Waals surface area contributed by atoms with Crippen molar-refractivity contribution in [2.75, 3.05) is 0 Å². The molecule has 0 spiro atoms. The number of hydrogen-bond acceptors (Lipinski definition) is 1. The lowest BCUT2D eigenvalue weighted by atomic mass is 10.0. The van der Waals surface area contributed by atoms with Crippen LogP contribution < -0.4 is 10.6 Å². The van der Waals surface area contributed by atoms with E-state index in [4.69, 9.17) is 0 Å². The molecule has 3 nitrogen and oxygen atoms in total. The van der Waals surface area contributed by atoms with Crippen LogP contribution >= 0.6 is 0 Å². The molecule has 0 unspecified atom stereocenters. The van der Waals surface area contributed by atoms with Gasteiger partial charge in [-0.25, -0.2) is 9.18 Å². The summed E-state index contributed by atoms with van der Waals surface area (Å²) in [6.45, 7) is 5.77. The number of rotatable bonds is 2. The second-order valence-corrected chi connectivity index (χ2v) is 5.92. The number of amides is 2. The molecule has 98 valence electrons. The van der Waals surface area contributed by atoms with Crippen LogP contribution in [0.4, 0.5) is 9.18 Å². The van der Waals surface area contributed by atoms with Crippen LogP contribution in [0.25, 0.3) is 0 Å². The maximum atomic E-state index is 13.2. The van der Waals surface area contributed by atoms with Crippen molar-refractivity contribution >= 4 is 6.03 Å². The Labute approximate surface area is 107 Å². The first-order valence-corrected chi connectivity index (χ1v) is 6.17. The maximum absolute atomic E-state index is 13.2. The Balaban J connectivity index is 2.07. The normalized spacial score (nSPS) is 17.1. The molecule has 2 rings (SSSR count). The molecule has 1 aliphatic rings. The molecule has 1 aromatic carbocycles. The van der Waals surface area contributed by atoms with Gasteiger partial charge in [-0.2, -0.15) is 0 Å². The van der Waals surface area contributed by atoms with Crippen molar-refractivity contribution in [3.05, 3.63) is 35.6 Å². The third-order valence-electron chi connectivity index (χ3n) is 2.97. The Kier molecular flexibility index (Phi) is 3.05. The van der Waals surface area contributed by atoms with Crippen LogP contribution in [0.1, 0.15) is 39.2 Å². The second kappa shape index (κ2) is 4.26. The number of halogens is 1. The number of hydrogen-bond donors (Lipinski definition) is 2. The molecule has 0 radical (unpaired) electrons. The summed E-state index contributed by atoms with van der Waals surface area (Å²) >= 11 is 0. The van der Waals surface area contributed by atoms with E-state index < -0.39 is 0 Å². The molecule has 1 aromatic rings. The molecule has 18 heavy (non-hydrogen) atoms. The Morgan fingerprint density at radius 1 is 1.33 bits per heavy atom. The fourth-order valence-corrected chi connectivity index (χ4v) is 1.99. The smallest absolute Gasteiger partial charge is 0.315 e. The van der Waals surface area contributed by atoms with E-state index in [-0.39, 0.29) is 22.9 Å². The molecule has 2 amide bonds. The van der Waals surface area contributed by atoms with Crippen LogP contribution in [0, 0.1) is 5.82 Å². The summed E-state index contributed by atoms with van der Waals surface area (Å²) in [5, 5.41) is 5.81. The lowest BCUT2D eigenvalue weighted by molar-refractivity contribution is 0.227. The second-order valence-electron chi connectivity index (χ2n) is 5.92. The van der Waals surface area contributed by atoms with Crippen LogP contribution in [0.3, 0.4) is 0 Å². The monoisotopic (exact) mass is 250 g/mol. The zero-order valence-corrected chi connectivity index (χ0v) is 11.0. The molecule has 4 heteroatoms. The van der Waals surface area contributed by atoms with E-state index in [1.54, 1.807) is 6.07 Å². The maximum Gasteiger partial charge on any atom is 0.315 e. The van der Waals surface area contributed by atoms with Gasteiger partial charge < -0.3 is 10.6 Å². The van der Waals surface area contributed by atoms with E-state index in [0.717, 1.165) is 18.4 Å². The van der Waals surface area contributed by atoms with Gasteiger partial charge in [-0.3, -0.25) is 0 Å². The molecule has 0 aliphatic heterocycles. The third kappa shape index (κ3) is 3.00. The molecule has 0 aromatic heterocycles. The van der Waals surface area contributed by atoms with E-state index in [1.807, 2.05) is 26.8 Å². The SMILES string of the molecule is CC(C)(C)NC(=O)NC1(c2cccc(F)c2)CC1. The molecule has 0 atom stereocenters. The van der Waals surface area contributed by atoms with Gasteiger partial charge in [0.2, 0.25) is 0 Å². The molecule has 1 aliphatic carbocycles. The number of nitrogens with one attached hydrogen (secondary N) is 2. The van der Waals surface area contributed by atoms with Crippen molar-refractivity contribution in [1.82, 2.24) is 10.6 Å². The van der Waals surface area contributed by atoms with Crippen LogP contribution in [0.5, 0.6) is 0 Å². The first kappa shape index (κ1) is 12.9. The highest BCUT2D eigenvalue weighted by molar-refractivity contribution is 5.76. The highest BCUT2D eigenvalue weighted by Gasteiger charge is 2.46. The van der Waals surface area contributed by atoms with Gasteiger partial charge >= 0.3 is 6.03 Å². The van der Waals surface area contributed by atoms with Crippen LogP contribution in [0.15, 0.2) is 24.3 Å². The molecule has 0 saturated heterocycles. The number of carbonyl (C=O) groups is 1. The Morgan fingerprint density at radius 2 is 2.00 bits per heavy atom. The topological polar surface area (TPSA) is 41.1 Å². The van der Waals surface area contributed by atoms with Crippen molar-refractivity contribution < 1.29 is 9.18 Å². The summed E-state index contributed by atoms with van der Waals surface area (Å²) in [5.74, 6) is -0.267. The first-order valence-electron chi connectivity index (χ1n) is 6.17. The van der Waals surface area contributed by atoms with Gasteiger partial charge in [0, 0.05) is 5.54 Å². The predicted octanol–water partition coefficient (Wildman–Crippen LogP) is 2.91. The van der Waals surface area contributed by atoms with Crippen LogP contribution in [-0.4, -0.2) is 11.6 Å². The summed E-state index contributed by atoms with van der Waals surface area (Å²) in [5.41, 5.74) is 0.186. The Morgan fingerprint density at radius 3 is 2.50 bits per heavy atom. The lowest BCUT2D eigenvalue weighted by Crippen LogP contribution is -2.49. The van der Waals surface area contributed by atoms with Gasteiger partial charge in [0.25, 0.3) is 0 Å². The van der Waals surface area contributed by atoms with Gasteiger partial charge in [-0.1, -0.05) is 12.1 Å². The zero-order valence-electron chi connectivity index (χ0n) is 11.0. The summed E-state index contributed by atoms with van der Waals surface area (Å²) < 4.78 is 13.2. The highest BCUT2D eigenvalue weighted by atomic mass is 19.1. The summed E-state index contributed by atoms with van der Waals surface area (Å²) in [6, 6.07) is 6.23. The largest absolute Gasteiger partial charge is 0.334 e. The van der Waals surface area contributed by atoms with E-state index in [0.29, 0.717) is 0 Å². The molecular formula is C14H19FN2O. The van der Waals surface area contributed by atoms with Crippen LogP contribution in [-0.2, 0) is 5.54 Å². The molecule has 1 saturated carbocycles. The van der Waals surface area contributed by atoms with Gasteiger partial charge in [0.15, 0.2) is 0 Å². The quantitative estimate of drug-likeness (QED) is 0.832. The van der Waals surface area contributed by atoms with E-state index >= 15 is 0 Å². The van der Waals surface area contributed by atoms with Crippen molar-refractivity contribution in [3.8, 4) is 0 Å². The molecule has 0 heterocycles. The van der Waals surface area contributed by atoms with E-state index in [2.05, 4.69) is 10.6 Å². The number of urea groups is 1. The predicted molar refractivity (Wildman–Crippen MR) is 68.7 cm³/mol. The zero-order chi connectivity index (χ0) is 13.4. The van der Waals surface area contributed by atoms with E-state index in [1.165, 1.54) is 12.1 Å². The average molecular weight is 250 g/mol. The Hall–Kier alpha value is -1.58. The van der Waals surface area contributed by atoms with Gasteiger partial charge in [-0.05, 0) is 51.3 Å². The average Bonchev–Trinajstić information content (AvgIpc) is 2.95. The number of benzene rings is 1. The third-order valence-corrected chi connectivity index (χ3v) is 2.97. The molecular weight excluding hydrogens is 231 g/mol. The standard InChI is InChI=1S/C14H19FN2O/c1-13(2,3)16-12(18)17-14(7-8-14)10-5-4-6-11(15)9-10/h4-6,9H,7-8H2,1-3H3,(H2,16,17,18). The first-order chi connectivity index (χ1) is 8.31. The van der Waals surface area contributed by atoms with Crippen molar-refractivity contribution in [3.63, 3.8) is 0 Å². The Bertz CT molecular complexity index is 461. The van der Waals surface area contributed by atoms with E-state index in [9.17, 15) is 9.18 Å². The van der Waals surface area contributed by atoms with Crippen LogP contribution in [0.2, 0.25) is 0 Å². The summed E-state index contributed by atoms with van der Waals surface area (Å²) in [6.07, 6.45) is 1.71. The lowest BCUT2D eigenvalue weighted by Gasteiger charge is -2.24. The number of carbonyl (C=O) groups excluding carboxylic acids is 1. The minimum Gasteiger partial charge on any atom is -0.334 e. The minimum atomic E-state index is -0.378. The summed E-state index contributed by atoms with van der Waals surface area (Å²) in [4.78, 5) is 11.9. The fourth-order valence-electron chi connectivity index (χ4n) is 1.99. The summed E-state index contributed by atoms with van der Waals surface area (Å²) in [7, 11) is 0. The van der Waals surface area contributed by atoms with Crippen molar-refractivity contribution in [2.24, 2.45) is 0 Å². The highest BCUT2D eigenvalue weighted by Crippen LogP contribution is 2.45. The fraction of sp³-hybridized carbons (Fsp3) is 0.500. The van der Waals surface area contributed by atoms with Crippen molar-refractivity contribution in [1.29, 1.82) is 0 Å². The molecule has 1 fully saturated rings. The van der Waals surface area contributed by atoms with Crippen molar-refractivity contribution in [2.45, 2.75) is 44.7 Å². The molecule has 0 bridgehead atoms. The van der Waals surface area contributed by atoms with Gasteiger partial charge in [0.05, 0.1) is 5.54 Å². The van der Waals surface area contributed by atoms with Gasteiger partial charge in [0.1, 0.15) is 5.82 Å². The molecule has 2 N–H and O–H groups in total.